The highest BCUT2D eigenvalue weighted by molar-refractivity contribution is 5.86. The normalized spacial score (nSPS) is 34.8. The third-order valence-corrected chi connectivity index (χ3v) is 4.60. The van der Waals surface area contributed by atoms with Crippen molar-refractivity contribution >= 4 is 11.9 Å². The first kappa shape index (κ1) is 13.4. The van der Waals surface area contributed by atoms with Crippen LogP contribution in [-0.2, 0) is 9.59 Å². The molecule has 4 heteroatoms. The Hall–Kier alpha value is -1.06. The summed E-state index contributed by atoms with van der Waals surface area (Å²) in [6.07, 6.45) is 3.40. The van der Waals surface area contributed by atoms with Gasteiger partial charge >= 0.3 is 5.97 Å². The molecule has 1 N–H and O–H groups in total. The maximum absolute atomic E-state index is 12.6. The molecule has 1 aliphatic carbocycles. The molecule has 2 aliphatic rings. The molecule has 0 spiro atoms. The van der Waals surface area contributed by atoms with E-state index in [9.17, 15) is 14.7 Å². The van der Waals surface area contributed by atoms with Crippen molar-refractivity contribution in [1.82, 2.24) is 4.90 Å². The molecule has 1 aliphatic heterocycles. The molecule has 3 atom stereocenters. The molecule has 0 aromatic rings. The van der Waals surface area contributed by atoms with E-state index in [1.54, 1.807) is 0 Å². The fraction of sp³-hybridized carbons (Fsp3) is 0.857. The molecule has 2 rings (SSSR count). The molecule has 1 saturated heterocycles. The lowest BCUT2D eigenvalue weighted by atomic mass is 9.93. The second-order valence-electron chi connectivity index (χ2n) is 6.53. The van der Waals surface area contributed by atoms with Gasteiger partial charge in [0.2, 0.25) is 5.91 Å². The van der Waals surface area contributed by atoms with Gasteiger partial charge < -0.3 is 10.0 Å². The Kier molecular flexibility index (Phi) is 3.39. The number of carboxylic acid groups (broad SMARTS) is 1. The minimum absolute atomic E-state index is 0.0641. The van der Waals surface area contributed by atoms with Crippen molar-refractivity contribution in [3.05, 3.63) is 0 Å². The van der Waals surface area contributed by atoms with Gasteiger partial charge in [0.15, 0.2) is 0 Å². The van der Waals surface area contributed by atoms with Gasteiger partial charge in [0.25, 0.3) is 0 Å². The minimum Gasteiger partial charge on any atom is -0.481 e. The summed E-state index contributed by atoms with van der Waals surface area (Å²) in [5.74, 6) is -1.20. The van der Waals surface area contributed by atoms with Gasteiger partial charge in [-0.05, 0) is 45.4 Å². The first-order valence-corrected chi connectivity index (χ1v) is 6.87. The molecule has 4 nitrogen and oxygen atoms in total. The monoisotopic (exact) mass is 253 g/mol. The molecule has 102 valence electrons. The highest BCUT2D eigenvalue weighted by Crippen LogP contribution is 2.40. The molecule has 0 radical (unpaired) electrons. The predicted molar refractivity (Wildman–Crippen MR) is 68.0 cm³/mol. The number of nitrogens with zero attached hydrogens (tertiary/aromatic N) is 1. The Balaban J connectivity index is 2.15. The van der Waals surface area contributed by atoms with E-state index in [1.165, 1.54) is 0 Å². The number of carboxylic acids is 1. The van der Waals surface area contributed by atoms with Gasteiger partial charge in [0.1, 0.15) is 0 Å². The van der Waals surface area contributed by atoms with Crippen LogP contribution in [0.2, 0.25) is 0 Å². The van der Waals surface area contributed by atoms with E-state index in [0.29, 0.717) is 12.3 Å². The summed E-state index contributed by atoms with van der Waals surface area (Å²) in [7, 11) is 0. The molecule has 18 heavy (non-hydrogen) atoms. The fourth-order valence-corrected chi connectivity index (χ4v) is 3.55. The highest BCUT2D eigenvalue weighted by Gasteiger charge is 2.46. The molecule has 1 amide bonds. The summed E-state index contributed by atoms with van der Waals surface area (Å²) in [4.78, 5) is 25.8. The lowest BCUT2D eigenvalue weighted by molar-refractivity contribution is -0.150. The first-order chi connectivity index (χ1) is 8.33. The topological polar surface area (TPSA) is 57.6 Å². The Morgan fingerprint density at radius 3 is 2.33 bits per heavy atom. The van der Waals surface area contributed by atoms with E-state index in [-0.39, 0.29) is 17.4 Å². The number of amides is 1. The Morgan fingerprint density at radius 1 is 1.22 bits per heavy atom. The number of carbonyl (C=O) groups excluding carboxylic acids is 1. The van der Waals surface area contributed by atoms with E-state index < -0.39 is 11.9 Å². The Bertz CT molecular complexity index is 364. The highest BCUT2D eigenvalue weighted by atomic mass is 16.4. The van der Waals surface area contributed by atoms with Gasteiger partial charge in [-0.25, -0.2) is 0 Å². The zero-order valence-electron chi connectivity index (χ0n) is 11.5. The number of hydrogen-bond acceptors (Lipinski definition) is 2. The van der Waals surface area contributed by atoms with Crippen molar-refractivity contribution in [2.75, 3.05) is 6.54 Å². The predicted octanol–water partition coefficient (Wildman–Crippen LogP) is 2.13. The average molecular weight is 253 g/mol. The smallest absolute Gasteiger partial charge is 0.307 e. The van der Waals surface area contributed by atoms with Crippen molar-refractivity contribution in [3.8, 4) is 0 Å². The quantitative estimate of drug-likeness (QED) is 0.820. The van der Waals surface area contributed by atoms with E-state index in [0.717, 1.165) is 25.8 Å². The van der Waals surface area contributed by atoms with E-state index >= 15 is 0 Å². The molecule has 0 aromatic heterocycles. The van der Waals surface area contributed by atoms with Crippen molar-refractivity contribution in [1.29, 1.82) is 0 Å². The molecule has 1 unspecified atom stereocenters. The van der Waals surface area contributed by atoms with Crippen molar-refractivity contribution < 1.29 is 14.7 Å². The zero-order valence-corrected chi connectivity index (χ0v) is 11.5. The molecule has 0 bridgehead atoms. The summed E-state index contributed by atoms with van der Waals surface area (Å²) in [5.41, 5.74) is -0.105. The van der Waals surface area contributed by atoms with Crippen LogP contribution in [-0.4, -0.2) is 34.0 Å². The molecule has 0 aromatic carbocycles. The lowest BCUT2D eigenvalue weighted by Crippen LogP contribution is -2.47. The Labute approximate surface area is 108 Å². The minimum atomic E-state index is -0.810. The zero-order chi connectivity index (χ0) is 13.5. The maximum Gasteiger partial charge on any atom is 0.307 e. The second kappa shape index (κ2) is 4.56. The number of rotatable bonds is 2. The van der Waals surface area contributed by atoms with Crippen LogP contribution in [0.15, 0.2) is 0 Å². The standard InChI is InChI=1S/C14H23NO3/c1-9-7-10(11(8-9)13(17)18)12(16)15-6-4-5-14(15,2)3/h9-11H,4-8H2,1-3H3,(H,17,18)/t9?,10-,11+/m0/s1. The number of aliphatic carboxylic acids is 1. The molecule has 2 fully saturated rings. The molecule has 1 saturated carbocycles. The van der Waals surface area contributed by atoms with Crippen LogP contribution in [0.3, 0.4) is 0 Å². The van der Waals surface area contributed by atoms with Crippen molar-refractivity contribution in [2.45, 2.75) is 52.0 Å². The van der Waals surface area contributed by atoms with Gasteiger partial charge in [-0.15, -0.1) is 0 Å². The van der Waals surface area contributed by atoms with Crippen LogP contribution in [0, 0.1) is 17.8 Å². The summed E-state index contributed by atoms with van der Waals surface area (Å²) < 4.78 is 0. The molecule has 1 heterocycles. The van der Waals surface area contributed by atoms with Gasteiger partial charge in [0.05, 0.1) is 11.8 Å². The van der Waals surface area contributed by atoms with Gasteiger partial charge in [-0.3, -0.25) is 9.59 Å². The van der Waals surface area contributed by atoms with Crippen LogP contribution in [0.25, 0.3) is 0 Å². The van der Waals surface area contributed by atoms with Crippen LogP contribution < -0.4 is 0 Å². The molecular formula is C14H23NO3. The van der Waals surface area contributed by atoms with Crippen LogP contribution in [0.4, 0.5) is 0 Å². The third-order valence-electron chi connectivity index (χ3n) is 4.60. The fourth-order valence-electron chi connectivity index (χ4n) is 3.55. The van der Waals surface area contributed by atoms with Crippen molar-refractivity contribution in [2.24, 2.45) is 17.8 Å². The third kappa shape index (κ3) is 2.25. The first-order valence-electron chi connectivity index (χ1n) is 6.87. The van der Waals surface area contributed by atoms with E-state index in [4.69, 9.17) is 0 Å². The SMILES string of the molecule is CC1C[C@H](C(=O)N2CCCC2(C)C)[C@H](C(=O)O)C1. The average Bonchev–Trinajstić information content (AvgIpc) is 2.80. The summed E-state index contributed by atoms with van der Waals surface area (Å²) in [5, 5.41) is 9.25. The van der Waals surface area contributed by atoms with Gasteiger partial charge in [0, 0.05) is 12.1 Å². The summed E-state index contributed by atoms with van der Waals surface area (Å²) in [6.45, 7) is 6.97. The maximum atomic E-state index is 12.6. The molecular weight excluding hydrogens is 230 g/mol. The Morgan fingerprint density at radius 2 is 1.83 bits per heavy atom. The number of carbonyl (C=O) groups is 2. The second-order valence-corrected chi connectivity index (χ2v) is 6.53. The van der Waals surface area contributed by atoms with Gasteiger partial charge in [-0.2, -0.15) is 0 Å². The van der Waals surface area contributed by atoms with Crippen molar-refractivity contribution in [3.63, 3.8) is 0 Å². The summed E-state index contributed by atoms with van der Waals surface area (Å²) in [6, 6.07) is 0. The van der Waals surface area contributed by atoms with Crippen LogP contribution in [0.5, 0.6) is 0 Å². The van der Waals surface area contributed by atoms with Gasteiger partial charge in [-0.1, -0.05) is 6.92 Å². The van der Waals surface area contributed by atoms with E-state index in [1.807, 2.05) is 11.8 Å². The largest absolute Gasteiger partial charge is 0.481 e. The van der Waals surface area contributed by atoms with Crippen LogP contribution >= 0.6 is 0 Å². The lowest BCUT2D eigenvalue weighted by Gasteiger charge is -2.34. The number of hydrogen-bond donors (Lipinski definition) is 1. The summed E-state index contributed by atoms with van der Waals surface area (Å²) >= 11 is 0. The number of likely N-dealkylation sites (tertiary alicyclic amines) is 1. The van der Waals surface area contributed by atoms with E-state index in [2.05, 4.69) is 13.8 Å². The van der Waals surface area contributed by atoms with Crippen LogP contribution in [0.1, 0.15) is 46.5 Å².